The van der Waals surface area contributed by atoms with Crippen LogP contribution in [0, 0.1) is 0 Å². The van der Waals surface area contributed by atoms with Gasteiger partial charge >= 0.3 is 11.9 Å². The van der Waals surface area contributed by atoms with Gasteiger partial charge in [-0.1, -0.05) is 0 Å². The van der Waals surface area contributed by atoms with E-state index in [1.54, 1.807) is 0 Å². The molecule has 0 rings (SSSR count). The smallest absolute Gasteiger partial charge is 0.344 e. The molecule has 0 bridgehead atoms. The van der Waals surface area contributed by atoms with Gasteiger partial charge in [0, 0.05) is 11.0 Å². The van der Waals surface area contributed by atoms with Crippen LogP contribution in [-0.2, 0) is 14.3 Å². The van der Waals surface area contributed by atoms with Crippen molar-refractivity contribution in [3.63, 3.8) is 0 Å². The largest absolute Gasteiger partial charge is 0.479 e. The molecule has 0 spiro atoms. The summed E-state index contributed by atoms with van der Waals surface area (Å²) in [4.78, 5) is 20.5. The van der Waals surface area contributed by atoms with Gasteiger partial charge in [0.25, 0.3) is 0 Å². The quantitative estimate of drug-likeness (QED) is 0.542. The second-order valence-corrected chi connectivity index (χ2v) is 1.33. The molecule has 0 aromatic rings. The summed E-state index contributed by atoms with van der Waals surface area (Å²) in [5.74, 6) is -2.61. The lowest BCUT2D eigenvalue weighted by molar-refractivity contribution is -0.161. The van der Waals surface area contributed by atoms with Crippen molar-refractivity contribution >= 4 is 11.9 Å². The molecule has 0 fully saturated rings. The normalized spacial score (nSPS) is 18.6. The molecule has 0 amide bonds. The summed E-state index contributed by atoms with van der Waals surface area (Å²) in [5.41, 5.74) is 0. The Hall–Kier alpha value is -1.06. The highest BCUT2D eigenvalue weighted by Crippen LogP contribution is 1.89. The van der Waals surface area contributed by atoms with Crippen molar-refractivity contribution in [2.75, 3.05) is 0 Å². The van der Waals surface area contributed by atoms with Crippen LogP contribution in [0.2, 0.25) is 0 Å². The molecule has 0 aliphatic rings. The van der Waals surface area contributed by atoms with E-state index in [0.717, 1.165) is 6.92 Å². The Bertz CT molecular complexity index is 197. The highest BCUT2D eigenvalue weighted by atomic mass is 16.6. The van der Waals surface area contributed by atoms with Gasteiger partial charge in [-0.05, 0) is 6.85 Å². The Kier molecular flexibility index (Phi) is 1.32. The first kappa shape index (κ1) is 3.87. The molecule has 52 valence electrons. The Morgan fingerprint density at radius 2 is 2.33 bits per heavy atom. The molecule has 0 aliphatic heterocycles. The van der Waals surface area contributed by atoms with Crippen molar-refractivity contribution in [1.29, 1.82) is 0 Å². The number of rotatable bonds is 2. The summed E-state index contributed by atoms with van der Waals surface area (Å²) in [7, 11) is 0. The molecule has 9 heavy (non-hydrogen) atoms. The summed E-state index contributed by atoms with van der Waals surface area (Å²) in [5, 5.41) is 8.32. The molecule has 0 heterocycles. The minimum absolute atomic E-state index is 0.932. The maximum atomic E-state index is 10.3. The minimum Gasteiger partial charge on any atom is -0.479 e. The number of carbonyl (C=O) groups excluding carboxylic acids is 1. The second kappa shape index (κ2) is 3.06. The van der Waals surface area contributed by atoms with Crippen molar-refractivity contribution in [3.05, 3.63) is 0 Å². The van der Waals surface area contributed by atoms with Crippen molar-refractivity contribution in [3.8, 4) is 0 Å². The molecule has 4 nitrogen and oxygen atoms in total. The third-order valence-corrected chi connectivity index (χ3v) is 0.508. The molecule has 0 aromatic heterocycles. The van der Waals surface area contributed by atoms with Gasteiger partial charge in [0.05, 0.1) is 0 Å². The van der Waals surface area contributed by atoms with E-state index >= 15 is 0 Å². The number of hydrogen-bond donors (Lipinski definition) is 1. The van der Waals surface area contributed by atoms with Gasteiger partial charge in [0.1, 0.15) is 0 Å². The predicted molar refractivity (Wildman–Crippen MR) is 28.9 cm³/mol. The lowest BCUT2D eigenvalue weighted by Crippen LogP contribution is -2.21. The molecular weight excluding hydrogens is 124 g/mol. The number of carboxylic acids is 1. The zero-order valence-corrected chi connectivity index (χ0v) is 4.75. The first-order valence-corrected chi connectivity index (χ1v) is 2.15. The van der Waals surface area contributed by atoms with Crippen LogP contribution in [0.25, 0.3) is 0 Å². The van der Waals surface area contributed by atoms with Gasteiger partial charge < -0.3 is 9.84 Å². The van der Waals surface area contributed by atoms with Gasteiger partial charge in [-0.15, -0.1) is 0 Å². The molecule has 0 saturated carbocycles. The Morgan fingerprint density at radius 3 is 2.44 bits per heavy atom. The van der Waals surface area contributed by atoms with E-state index in [1.165, 1.54) is 0 Å². The third-order valence-electron chi connectivity index (χ3n) is 0.508. The van der Waals surface area contributed by atoms with Crippen LogP contribution in [-0.4, -0.2) is 23.1 Å². The van der Waals surface area contributed by atoms with E-state index in [-0.39, 0.29) is 0 Å². The van der Waals surface area contributed by atoms with Gasteiger partial charge in [-0.3, -0.25) is 4.79 Å². The highest BCUT2D eigenvalue weighted by Gasteiger charge is 2.12. The molecule has 4 heteroatoms. The van der Waals surface area contributed by atoms with Crippen LogP contribution >= 0.6 is 0 Å². The SMILES string of the molecule is [2H]C([2H])([2H])[C@H](OC(C)=O)C(=O)O. The molecule has 0 saturated heterocycles. The summed E-state index contributed by atoms with van der Waals surface area (Å²) in [6, 6.07) is 0. The van der Waals surface area contributed by atoms with Crippen LogP contribution in [0.1, 0.15) is 17.9 Å². The first-order chi connectivity index (χ1) is 5.25. The number of carbonyl (C=O) groups is 2. The van der Waals surface area contributed by atoms with E-state index < -0.39 is 24.9 Å². The van der Waals surface area contributed by atoms with E-state index in [4.69, 9.17) is 9.22 Å². The fourth-order valence-electron chi connectivity index (χ4n) is 0.216. The van der Waals surface area contributed by atoms with Gasteiger partial charge in [0.2, 0.25) is 0 Å². The third kappa shape index (κ3) is 3.52. The monoisotopic (exact) mass is 135 g/mol. The van der Waals surface area contributed by atoms with E-state index in [2.05, 4.69) is 4.74 Å². The summed E-state index contributed by atoms with van der Waals surface area (Å²) in [6.07, 6.45) is -2.07. The zero-order valence-electron chi connectivity index (χ0n) is 7.75. The summed E-state index contributed by atoms with van der Waals surface area (Å²) in [6.45, 7) is -1.88. The zero-order chi connectivity index (χ0) is 9.94. The van der Waals surface area contributed by atoms with Gasteiger partial charge in [-0.2, -0.15) is 0 Å². The van der Waals surface area contributed by atoms with Crippen LogP contribution in [0.4, 0.5) is 0 Å². The van der Waals surface area contributed by atoms with Gasteiger partial charge in [-0.25, -0.2) is 4.79 Å². The maximum Gasteiger partial charge on any atom is 0.344 e. The number of ether oxygens (including phenoxy) is 1. The molecule has 0 radical (unpaired) electrons. The fourth-order valence-corrected chi connectivity index (χ4v) is 0.216. The number of esters is 1. The van der Waals surface area contributed by atoms with Crippen LogP contribution in [0.5, 0.6) is 0 Å². The minimum atomic E-state index is -2.82. The topological polar surface area (TPSA) is 63.6 Å². The molecule has 0 aliphatic carbocycles. The summed E-state index contributed by atoms with van der Waals surface area (Å²) >= 11 is 0. The lowest BCUT2D eigenvalue weighted by atomic mass is 10.4. The predicted octanol–water partition coefficient (Wildman–Crippen LogP) is 0.0226. The van der Waals surface area contributed by atoms with Crippen LogP contribution in [0.15, 0.2) is 0 Å². The Morgan fingerprint density at radius 1 is 1.78 bits per heavy atom. The molecule has 1 N–H and O–H groups in total. The molecular formula is C5H8O4. The van der Waals surface area contributed by atoms with Crippen LogP contribution < -0.4 is 0 Å². The fraction of sp³-hybridized carbons (Fsp3) is 0.600. The Labute approximate surface area is 56.6 Å². The number of aliphatic carboxylic acids is 1. The maximum absolute atomic E-state index is 10.3. The number of carboxylic acid groups (broad SMARTS) is 1. The highest BCUT2D eigenvalue weighted by molar-refractivity contribution is 5.76. The van der Waals surface area contributed by atoms with E-state index in [1.807, 2.05) is 0 Å². The van der Waals surface area contributed by atoms with Gasteiger partial charge in [0.15, 0.2) is 6.10 Å². The van der Waals surface area contributed by atoms with E-state index in [0.29, 0.717) is 0 Å². The first-order valence-electron chi connectivity index (χ1n) is 3.65. The average Bonchev–Trinajstić information content (AvgIpc) is 1.79. The number of hydrogen-bond acceptors (Lipinski definition) is 3. The molecule has 0 unspecified atom stereocenters. The average molecular weight is 135 g/mol. The second-order valence-electron chi connectivity index (χ2n) is 1.33. The Balaban J connectivity index is 4.46. The lowest BCUT2D eigenvalue weighted by Gasteiger charge is -2.04. The molecule has 0 aromatic carbocycles. The standard InChI is InChI=1S/C5H8O4/c1-3(5(7)8)9-4(2)6/h3H,1-2H3,(H,7,8)/t3-/m0/s1/i1D3. The van der Waals surface area contributed by atoms with Crippen molar-refractivity contribution < 1.29 is 23.5 Å². The van der Waals surface area contributed by atoms with Crippen molar-refractivity contribution in [2.24, 2.45) is 0 Å². The van der Waals surface area contributed by atoms with E-state index in [9.17, 15) is 9.59 Å². The molecule has 1 atom stereocenters. The van der Waals surface area contributed by atoms with Crippen molar-refractivity contribution in [1.82, 2.24) is 0 Å². The van der Waals surface area contributed by atoms with Crippen LogP contribution in [0.3, 0.4) is 0 Å². The van der Waals surface area contributed by atoms with Crippen molar-refractivity contribution in [2.45, 2.75) is 19.9 Å². The summed E-state index contributed by atoms with van der Waals surface area (Å²) < 4.78 is 24.1.